The topological polar surface area (TPSA) is 40.5 Å². The Hall–Kier alpha value is -1.06. The van der Waals surface area contributed by atoms with Gasteiger partial charge in [-0.15, -0.1) is 0 Å². The van der Waals surface area contributed by atoms with Gasteiger partial charge in [0.1, 0.15) is 0 Å². The first-order valence-corrected chi connectivity index (χ1v) is 7.07. The maximum atomic E-state index is 12.2. The molecule has 0 bridgehead atoms. The molecule has 0 aliphatic heterocycles. The number of carbonyl (C=O) groups is 1. The fourth-order valence-electron chi connectivity index (χ4n) is 2.00. The standard InChI is InChI=1S/C15H22ClNO2/c1-12(2)17(10-5-11-18)15(19)9-8-13-6-3-4-7-14(13)16/h3-4,6-7,12,18H,5,8-11H2,1-2H3. The Kier molecular flexibility index (Phi) is 6.89. The van der Waals surface area contributed by atoms with Crippen molar-refractivity contribution in [1.29, 1.82) is 0 Å². The van der Waals surface area contributed by atoms with Crippen molar-refractivity contribution in [3.63, 3.8) is 0 Å². The Morgan fingerprint density at radius 2 is 2.05 bits per heavy atom. The van der Waals surface area contributed by atoms with E-state index in [4.69, 9.17) is 16.7 Å². The van der Waals surface area contributed by atoms with Crippen LogP contribution in [0.2, 0.25) is 5.02 Å². The van der Waals surface area contributed by atoms with E-state index in [2.05, 4.69) is 0 Å². The van der Waals surface area contributed by atoms with Crippen LogP contribution in [0.15, 0.2) is 24.3 Å². The van der Waals surface area contributed by atoms with E-state index in [0.29, 0.717) is 30.8 Å². The summed E-state index contributed by atoms with van der Waals surface area (Å²) in [6.45, 7) is 4.70. The minimum absolute atomic E-state index is 0.112. The van der Waals surface area contributed by atoms with Crippen LogP contribution in [0.3, 0.4) is 0 Å². The molecule has 1 amide bonds. The molecule has 0 atom stereocenters. The number of halogens is 1. The molecule has 0 saturated heterocycles. The fourth-order valence-corrected chi connectivity index (χ4v) is 2.23. The third kappa shape index (κ3) is 5.21. The van der Waals surface area contributed by atoms with Crippen LogP contribution in [0, 0.1) is 0 Å². The van der Waals surface area contributed by atoms with Crippen molar-refractivity contribution in [2.75, 3.05) is 13.2 Å². The highest BCUT2D eigenvalue weighted by Crippen LogP contribution is 2.17. The van der Waals surface area contributed by atoms with Crippen LogP contribution in [0.1, 0.15) is 32.3 Å². The molecule has 19 heavy (non-hydrogen) atoms. The Bertz CT molecular complexity index is 407. The lowest BCUT2D eigenvalue weighted by molar-refractivity contribution is -0.133. The fraction of sp³-hybridized carbons (Fsp3) is 0.533. The smallest absolute Gasteiger partial charge is 0.223 e. The number of amides is 1. The number of hydrogen-bond donors (Lipinski definition) is 1. The molecule has 1 aromatic rings. The zero-order chi connectivity index (χ0) is 14.3. The molecule has 0 unspecified atom stereocenters. The number of aryl methyl sites for hydroxylation is 1. The molecule has 0 aliphatic carbocycles. The van der Waals surface area contributed by atoms with Gasteiger partial charge in [-0.1, -0.05) is 29.8 Å². The van der Waals surface area contributed by atoms with Crippen LogP contribution < -0.4 is 0 Å². The third-order valence-electron chi connectivity index (χ3n) is 3.07. The van der Waals surface area contributed by atoms with Gasteiger partial charge in [0.2, 0.25) is 5.91 Å². The summed E-state index contributed by atoms with van der Waals surface area (Å²) in [7, 11) is 0. The summed E-state index contributed by atoms with van der Waals surface area (Å²) in [5.41, 5.74) is 1.00. The second kappa shape index (κ2) is 8.18. The molecule has 1 aromatic carbocycles. The number of nitrogens with zero attached hydrogens (tertiary/aromatic N) is 1. The first kappa shape index (κ1) is 16.0. The molecular formula is C15H22ClNO2. The molecule has 4 heteroatoms. The molecule has 0 aliphatic rings. The summed E-state index contributed by atoms with van der Waals surface area (Å²) < 4.78 is 0. The van der Waals surface area contributed by atoms with E-state index < -0.39 is 0 Å². The van der Waals surface area contributed by atoms with Gasteiger partial charge in [0.15, 0.2) is 0 Å². The third-order valence-corrected chi connectivity index (χ3v) is 3.44. The number of rotatable bonds is 7. The van der Waals surface area contributed by atoms with E-state index >= 15 is 0 Å². The quantitative estimate of drug-likeness (QED) is 0.836. The minimum atomic E-state index is 0.112. The summed E-state index contributed by atoms with van der Waals surface area (Å²) in [6.07, 6.45) is 1.73. The average molecular weight is 284 g/mol. The molecule has 0 radical (unpaired) electrons. The Morgan fingerprint density at radius 3 is 2.63 bits per heavy atom. The zero-order valence-electron chi connectivity index (χ0n) is 11.6. The highest BCUT2D eigenvalue weighted by molar-refractivity contribution is 6.31. The summed E-state index contributed by atoms with van der Waals surface area (Å²) in [5, 5.41) is 9.58. The van der Waals surface area contributed by atoms with Gasteiger partial charge in [-0.25, -0.2) is 0 Å². The molecule has 0 saturated carbocycles. The molecular weight excluding hydrogens is 262 g/mol. The van der Waals surface area contributed by atoms with Crippen molar-refractivity contribution in [2.45, 2.75) is 39.2 Å². The molecule has 0 spiro atoms. The van der Waals surface area contributed by atoms with Crippen LogP contribution in [-0.2, 0) is 11.2 Å². The van der Waals surface area contributed by atoms with Gasteiger partial charge >= 0.3 is 0 Å². The molecule has 0 fully saturated rings. The second-order valence-electron chi connectivity index (χ2n) is 4.85. The van der Waals surface area contributed by atoms with Crippen molar-refractivity contribution in [2.24, 2.45) is 0 Å². The maximum absolute atomic E-state index is 12.2. The summed E-state index contributed by atoms with van der Waals surface area (Å²) >= 11 is 6.08. The molecule has 106 valence electrons. The average Bonchev–Trinajstić information content (AvgIpc) is 2.38. The van der Waals surface area contributed by atoms with Crippen molar-refractivity contribution >= 4 is 17.5 Å². The van der Waals surface area contributed by atoms with Crippen molar-refractivity contribution in [1.82, 2.24) is 4.90 Å². The monoisotopic (exact) mass is 283 g/mol. The van der Waals surface area contributed by atoms with Crippen molar-refractivity contribution in [3.05, 3.63) is 34.9 Å². The van der Waals surface area contributed by atoms with Gasteiger partial charge in [-0.2, -0.15) is 0 Å². The minimum Gasteiger partial charge on any atom is -0.396 e. The summed E-state index contributed by atoms with van der Waals surface area (Å²) in [6, 6.07) is 7.76. The van der Waals surface area contributed by atoms with E-state index in [1.807, 2.05) is 43.0 Å². The van der Waals surface area contributed by atoms with E-state index in [9.17, 15) is 4.79 Å². The molecule has 0 aromatic heterocycles. The Balaban J connectivity index is 2.55. The largest absolute Gasteiger partial charge is 0.396 e. The van der Waals surface area contributed by atoms with Gasteiger partial charge in [-0.05, 0) is 38.3 Å². The summed E-state index contributed by atoms with van der Waals surface area (Å²) in [5.74, 6) is 0.114. The normalized spacial score (nSPS) is 10.8. The van der Waals surface area contributed by atoms with Gasteiger partial charge in [0.25, 0.3) is 0 Å². The van der Waals surface area contributed by atoms with E-state index in [1.54, 1.807) is 0 Å². The molecule has 3 nitrogen and oxygen atoms in total. The highest BCUT2D eigenvalue weighted by atomic mass is 35.5. The summed E-state index contributed by atoms with van der Waals surface area (Å²) in [4.78, 5) is 14.0. The van der Waals surface area contributed by atoms with E-state index in [-0.39, 0.29) is 18.6 Å². The predicted octanol–water partition coefficient (Wildman–Crippen LogP) is 2.89. The molecule has 1 N–H and O–H groups in total. The van der Waals surface area contributed by atoms with Crippen LogP contribution in [0.4, 0.5) is 0 Å². The number of aliphatic hydroxyl groups excluding tert-OH is 1. The lowest BCUT2D eigenvalue weighted by Crippen LogP contribution is -2.38. The number of hydrogen-bond acceptors (Lipinski definition) is 2. The number of benzene rings is 1. The van der Waals surface area contributed by atoms with Gasteiger partial charge in [-0.3, -0.25) is 4.79 Å². The van der Waals surface area contributed by atoms with Gasteiger partial charge in [0.05, 0.1) is 0 Å². The van der Waals surface area contributed by atoms with Crippen LogP contribution in [-0.4, -0.2) is 35.1 Å². The first-order valence-electron chi connectivity index (χ1n) is 6.70. The second-order valence-corrected chi connectivity index (χ2v) is 5.26. The van der Waals surface area contributed by atoms with Crippen molar-refractivity contribution in [3.8, 4) is 0 Å². The first-order chi connectivity index (χ1) is 9.06. The highest BCUT2D eigenvalue weighted by Gasteiger charge is 2.16. The van der Waals surface area contributed by atoms with Crippen LogP contribution in [0.25, 0.3) is 0 Å². The predicted molar refractivity (Wildman–Crippen MR) is 78.3 cm³/mol. The number of aliphatic hydroxyl groups is 1. The van der Waals surface area contributed by atoms with Gasteiger partial charge < -0.3 is 10.0 Å². The lowest BCUT2D eigenvalue weighted by atomic mass is 10.1. The Morgan fingerprint density at radius 1 is 1.37 bits per heavy atom. The van der Waals surface area contributed by atoms with E-state index in [1.165, 1.54) is 0 Å². The number of carbonyl (C=O) groups excluding carboxylic acids is 1. The van der Waals surface area contributed by atoms with Crippen molar-refractivity contribution < 1.29 is 9.90 Å². The van der Waals surface area contributed by atoms with Crippen LogP contribution >= 0.6 is 11.6 Å². The maximum Gasteiger partial charge on any atom is 0.223 e. The Labute approximate surface area is 120 Å². The zero-order valence-corrected chi connectivity index (χ0v) is 12.4. The van der Waals surface area contributed by atoms with E-state index in [0.717, 1.165) is 5.56 Å². The van der Waals surface area contributed by atoms with Gasteiger partial charge in [0, 0.05) is 30.6 Å². The molecule has 0 heterocycles. The lowest BCUT2D eigenvalue weighted by Gasteiger charge is -2.26. The molecule has 1 rings (SSSR count). The SMILES string of the molecule is CC(C)N(CCCO)C(=O)CCc1ccccc1Cl. The van der Waals surface area contributed by atoms with Crippen LogP contribution in [0.5, 0.6) is 0 Å².